The molecule has 0 saturated carbocycles. The lowest BCUT2D eigenvalue weighted by molar-refractivity contribution is -0.142. The molecule has 17 heavy (non-hydrogen) atoms. The highest BCUT2D eigenvalue weighted by atomic mass is 79.9. The summed E-state index contributed by atoms with van der Waals surface area (Å²) >= 11 is 3.43. The van der Waals surface area contributed by atoms with Crippen LogP contribution in [0.2, 0.25) is 0 Å². The lowest BCUT2D eigenvalue weighted by atomic mass is 10.0. The molecule has 1 aliphatic rings. The van der Waals surface area contributed by atoms with E-state index in [2.05, 4.69) is 20.8 Å². The molecular weight excluding hydrogens is 286 g/mol. The van der Waals surface area contributed by atoms with Crippen molar-refractivity contribution in [3.05, 3.63) is 22.6 Å². The topological polar surface area (TPSA) is 53.7 Å². The molecule has 0 aromatic carbocycles. The van der Waals surface area contributed by atoms with Crippen molar-refractivity contribution in [3.63, 3.8) is 0 Å². The molecule has 0 aliphatic carbocycles. The fraction of sp³-hybridized carbons (Fsp3) is 0.583. The molecule has 1 fully saturated rings. The van der Waals surface area contributed by atoms with Gasteiger partial charge in [0.05, 0.1) is 23.2 Å². The van der Waals surface area contributed by atoms with Crippen molar-refractivity contribution >= 4 is 21.9 Å². The van der Waals surface area contributed by atoms with E-state index in [0.717, 1.165) is 49.1 Å². The molecule has 1 N–H and O–H groups in total. The molecule has 2 heterocycles. The number of halogens is 1. The van der Waals surface area contributed by atoms with Gasteiger partial charge in [0.2, 0.25) is 0 Å². The van der Waals surface area contributed by atoms with Gasteiger partial charge >= 0.3 is 5.97 Å². The fourth-order valence-corrected chi connectivity index (χ4v) is 2.53. The maximum atomic E-state index is 10.9. The highest BCUT2D eigenvalue weighted by Crippen LogP contribution is 2.23. The van der Waals surface area contributed by atoms with Crippen molar-refractivity contribution in [2.75, 3.05) is 13.1 Å². The maximum absolute atomic E-state index is 10.9. The molecule has 0 bridgehead atoms. The van der Waals surface area contributed by atoms with E-state index < -0.39 is 5.97 Å². The number of rotatable bonds is 3. The average Bonchev–Trinajstić information content (AvgIpc) is 2.55. The Morgan fingerprint density at radius 3 is 3.00 bits per heavy atom. The van der Waals surface area contributed by atoms with E-state index in [-0.39, 0.29) is 5.92 Å². The van der Waals surface area contributed by atoms with E-state index in [1.165, 1.54) is 0 Å². The molecule has 2 rings (SSSR count). The molecule has 1 aromatic rings. The first-order valence-electron chi connectivity index (χ1n) is 5.84. The van der Waals surface area contributed by atoms with Crippen LogP contribution in [0.25, 0.3) is 0 Å². The van der Waals surface area contributed by atoms with Gasteiger partial charge < -0.3 is 9.52 Å². The second-order valence-electron chi connectivity index (χ2n) is 4.43. The number of likely N-dealkylation sites (tertiary alicyclic amines) is 1. The molecule has 1 aromatic heterocycles. The van der Waals surface area contributed by atoms with Crippen molar-refractivity contribution in [3.8, 4) is 0 Å². The smallest absolute Gasteiger partial charge is 0.306 e. The van der Waals surface area contributed by atoms with Gasteiger partial charge in [-0.25, -0.2) is 0 Å². The second kappa shape index (κ2) is 5.69. The van der Waals surface area contributed by atoms with Crippen LogP contribution in [0.1, 0.15) is 25.0 Å². The molecule has 0 radical (unpaired) electrons. The van der Waals surface area contributed by atoms with E-state index in [0.29, 0.717) is 0 Å². The summed E-state index contributed by atoms with van der Waals surface area (Å²) in [6.45, 7) is 2.51. The van der Waals surface area contributed by atoms with Gasteiger partial charge in [0.1, 0.15) is 5.76 Å². The number of nitrogens with zero attached hydrogens (tertiary/aromatic N) is 1. The van der Waals surface area contributed by atoms with Crippen molar-refractivity contribution in [1.29, 1.82) is 0 Å². The standard InChI is InChI=1S/C12H16BrNO3/c13-10-4-7-17-11(10)8-14-5-1-2-9(3-6-14)12(15)16/h4,7,9H,1-3,5-6,8H2,(H,15,16). The monoisotopic (exact) mass is 301 g/mol. The first-order chi connectivity index (χ1) is 8.16. The summed E-state index contributed by atoms with van der Waals surface area (Å²) in [5, 5.41) is 9.01. The Kier molecular flexibility index (Phi) is 4.23. The second-order valence-corrected chi connectivity index (χ2v) is 5.29. The molecule has 5 heteroatoms. The van der Waals surface area contributed by atoms with Gasteiger partial charge in [0.15, 0.2) is 0 Å². The predicted molar refractivity (Wildman–Crippen MR) is 66.7 cm³/mol. The van der Waals surface area contributed by atoms with E-state index in [1.54, 1.807) is 6.26 Å². The van der Waals surface area contributed by atoms with Gasteiger partial charge in [-0.05, 0) is 54.3 Å². The largest absolute Gasteiger partial charge is 0.481 e. The average molecular weight is 302 g/mol. The lowest BCUT2D eigenvalue weighted by Gasteiger charge is -2.18. The van der Waals surface area contributed by atoms with E-state index in [1.807, 2.05) is 6.07 Å². The van der Waals surface area contributed by atoms with Crippen LogP contribution >= 0.6 is 15.9 Å². The van der Waals surface area contributed by atoms with Gasteiger partial charge in [-0.15, -0.1) is 0 Å². The van der Waals surface area contributed by atoms with Gasteiger partial charge in [-0.3, -0.25) is 9.69 Å². The molecule has 94 valence electrons. The predicted octanol–water partition coefficient (Wildman–Crippen LogP) is 2.73. The third-order valence-corrected chi connectivity index (χ3v) is 3.93. The third-order valence-electron chi connectivity index (χ3n) is 3.23. The Labute approximate surface area is 109 Å². The highest BCUT2D eigenvalue weighted by molar-refractivity contribution is 9.10. The minimum atomic E-state index is -0.661. The zero-order valence-corrected chi connectivity index (χ0v) is 11.1. The zero-order chi connectivity index (χ0) is 12.3. The molecule has 0 amide bonds. The van der Waals surface area contributed by atoms with Gasteiger partial charge in [-0.2, -0.15) is 0 Å². The van der Waals surface area contributed by atoms with Crippen molar-refractivity contribution in [2.45, 2.75) is 25.8 Å². The van der Waals surface area contributed by atoms with Crippen LogP contribution in [-0.4, -0.2) is 29.1 Å². The lowest BCUT2D eigenvalue weighted by Crippen LogP contribution is -2.24. The Balaban J connectivity index is 1.91. The number of carbonyl (C=O) groups is 1. The number of hydrogen-bond acceptors (Lipinski definition) is 3. The Morgan fingerprint density at radius 2 is 2.35 bits per heavy atom. The van der Waals surface area contributed by atoms with E-state index in [4.69, 9.17) is 9.52 Å². The minimum Gasteiger partial charge on any atom is -0.481 e. The van der Waals surface area contributed by atoms with Crippen molar-refractivity contribution in [1.82, 2.24) is 4.90 Å². The SMILES string of the molecule is O=C(O)C1CCCN(Cc2occc2Br)CC1. The fourth-order valence-electron chi connectivity index (χ4n) is 2.20. The molecule has 1 unspecified atom stereocenters. The molecular formula is C12H16BrNO3. The molecule has 0 spiro atoms. The van der Waals surface area contributed by atoms with Crippen LogP contribution in [0.4, 0.5) is 0 Å². The minimum absolute atomic E-state index is 0.181. The number of hydrogen-bond donors (Lipinski definition) is 1. The summed E-state index contributed by atoms with van der Waals surface area (Å²) in [5.41, 5.74) is 0. The quantitative estimate of drug-likeness (QED) is 0.933. The normalized spacial score (nSPS) is 22.3. The summed E-state index contributed by atoms with van der Waals surface area (Å²) in [6, 6.07) is 1.88. The molecule has 1 saturated heterocycles. The highest BCUT2D eigenvalue weighted by Gasteiger charge is 2.22. The first kappa shape index (κ1) is 12.6. The summed E-state index contributed by atoms with van der Waals surface area (Å²) in [6.07, 6.45) is 4.12. The molecule has 1 atom stereocenters. The van der Waals surface area contributed by atoms with Crippen molar-refractivity contribution in [2.24, 2.45) is 5.92 Å². The van der Waals surface area contributed by atoms with Crippen LogP contribution in [0, 0.1) is 5.92 Å². The van der Waals surface area contributed by atoms with Crippen LogP contribution in [-0.2, 0) is 11.3 Å². The summed E-state index contributed by atoms with van der Waals surface area (Å²) < 4.78 is 6.36. The van der Waals surface area contributed by atoms with Crippen LogP contribution in [0.3, 0.4) is 0 Å². The summed E-state index contributed by atoms with van der Waals surface area (Å²) in [7, 11) is 0. The molecule has 4 nitrogen and oxygen atoms in total. The zero-order valence-electron chi connectivity index (χ0n) is 9.56. The Morgan fingerprint density at radius 1 is 1.53 bits per heavy atom. The number of carboxylic acids is 1. The number of aliphatic carboxylic acids is 1. The van der Waals surface area contributed by atoms with Crippen molar-refractivity contribution < 1.29 is 14.3 Å². The Hall–Kier alpha value is -0.810. The number of carboxylic acid groups (broad SMARTS) is 1. The van der Waals surface area contributed by atoms with Gasteiger partial charge in [0.25, 0.3) is 0 Å². The van der Waals surface area contributed by atoms with Crippen LogP contribution in [0.5, 0.6) is 0 Å². The van der Waals surface area contributed by atoms with Crippen LogP contribution < -0.4 is 0 Å². The van der Waals surface area contributed by atoms with E-state index >= 15 is 0 Å². The van der Waals surface area contributed by atoms with E-state index in [9.17, 15) is 4.79 Å². The molecule has 1 aliphatic heterocycles. The Bertz CT molecular complexity index is 391. The maximum Gasteiger partial charge on any atom is 0.306 e. The van der Waals surface area contributed by atoms with Gasteiger partial charge in [-0.1, -0.05) is 0 Å². The summed E-state index contributed by atoms with van der Waals surface area (Å²) in [5.74, 6) is 0.0739. The third kappa shape index (κ3) is 3.33. The first-order valence-corrected chi connectivity index (χ1v) is 6.63. The van der Waals surface area contributed by atoms with Crippen LogP contribution in [0.15, 0.2) is 21.2 Å². The summed E-state index contributed by atoms with van der Waals surface area (Å²) in [4.78, 5) is 13.2. The van der Waals surface area contributed by atoms with Gasteiger partial charge in [0, 0.05) is 0 Å². The number of furan rings is 1.